The zero-order valence-corrected chi connectivity index (χ0v) is 17.6. The van der Waals surface area contributed by atoms with Crippen molar-refractivity contribution < 1.29 is 23.8 Å². The van der Waals surface area contributed by atoms with Gasteiger partial charge in [0.2, 0.25) is 5.91 Å². The minimum absolute atomic E-state index is 0.132. The summed E-state index contributed by atoms with van der Waals surface area (Å²) in [6.07, 6.45) is 3.51. The Kier molecular flexibility index (Phi) is 9.37. The van der Waals surface area contributed by atoms with Crippen molar-refractivity contribution >= 4 is 18.1 Å². The van der Waals surface area contributed by atoms with Crippen LogP contribution in [0.15, 0.2) is 47.6 Å². The number of nitrogens with one attached hydrogen (secondary N) is 1. The second kappa shape index (κ2) is 12.3. The van der Waals surface area contributed by atoms with Gasteiger partial charge in [0.25, 0.3) is 0 Å². The molecule has 1 N–H and O–H groups in total. The number of benzene rings is 2. The van der Waals surface area contributed by atoms with E-state index in [0.29, 0.717) is 18.8 Å². The molecule has 7 heteroatoms. The Morgan fingerprint density at radius 2 is 1.83 bits per heavy atom. The highest BCUT2D eigenvalue weighted by Crippen LogP contribution is 2.18. The minimum atomic E-state index is -0.409. The molecule has 0 unspecified atom stereocenters. The molecule has 2 rings (SSSR count). The molecule has 0 fully saturated rings. The van der Waals surface area contributed by atoms with E-state index >= 15 is 0 Å². The van der Waals surface area contributed by atoms with E-state index in [0.717, 1.165) is 29.7 Å². The van der Waals surface area contributed by atoms with Gasteiger partial charge in [0.1, 0.15) is 11.5 Å². The van der Waals surface area contributed by atoms with Crippen LogP contribution in [0.5, 0.6) is 11.5 Å². The standard InChI is InChI=1S/C23H28N2O5/c1-4-29-23(27)16-30-20-11-8-18(9-12-20)15-24-25-22(26)7-5-6-19-10-13-21(28-3)14-17(19)2/h8-15H,4-7,16H2,1-3H3,(H,25,26). The molecular formula is C23H28N2O5. The van der Waals surface area contributed by atoms with Crippen LogP contribution in [0.25, 0.3) is 0 Å². The van der Waals surface area contributed by atoms with E-state index in [1.165, 1.54) is 5.56 Å². The molecule has 0 aromatic heterocycles. The van der Waals surface area contributed by atoms with E-state index in [2.05, 4.69) is 10.5 Å². The summed E-state index contributed by atoms with van der Waals surface area (Å²) in [6, 6.07) is 13.0. The van der Waals surface area contributed by atoms with E-state index < -0.39 is 5.97 Å². The second-order valence-corrected chi connectivity index (χ2v) is 6.60. The lowest BCUT2D eigenvalue weighted by Gasteiger charge is -2.07. The Morgan fingerprint density at radius 1 is 1.10 bits per heavy atom. The lowest BCUT2D eigenvalue weighted by atomic mass is 10.0. The Bertz CT molecular complexity index is 862. The Hall–Kier alpha value is -3.35. The van der Waals surface area contributed by atoms with Crippen molar-refractivity contribution in [2.75, 3.05) is 20.3 Å². The van der Waals surface area contributed by atoms with Gasteiger partial charge in [-0.25, -0.2) is 10.2 Å². The van der Waals surface area contributed by atoms with Gasteiger partial charge in [-0.3, -0.25) is 4.79 Å². The van der Waals surface area contributed by atoms with Gasteiger partial charge >= 0.3 is 5.97 Å². The number of hydrazone groups is 1. The van der Waals surface area contributed by atoms with Gasteiger partial charge in [0, 0.05) is 6.42 Å². The van der Waals surface area contributed by atoms with Crippen molar-refractivity contribution in [3.63, 3.8) is 0 Å². The number of rotatable bonds is 11. The van der Waals surface area contributed by atoms with Crippen LogP contribution in [0.2, 0.25) is 0 Å². The van der Waals surface area contributed by atoms with Gasteiger partial charge in [0.15, 0.2) is 6.61 Å². The summed E-state index contributed by atoms with van der Waals surface area (Å²) >= 11 is 0. The molecule has 0 heterocycles. The Labute approximate surface area is 177 Å². The third-order valence-electron chi connectivity index (χ3n) is 4.34. The van der Waals surface area contributed by atoms with Gasteiger partial charge in [-0.1, -0.05) is 6.07 Å². The maximum atomic E-state index is 12.0. The third-order valence-corrected chi connectivity index (χ3v) is 4.34. The van der Waals surface area contributed by atoms with Crippen LogP contribution in [0.3, 0.4) is 0 Å². The molecule has 0 bridgehead atoms. The van der Waals surface area contributed by atoms with Gasteiger partial charge in [-0.2, -0.15) is 5.10 Å². The van der Waals surface area contributed by atoms with Gasteiger partial charge in [-0.05, 0) is 79.8 Å². The molecule has 1 amide bonds. The number of hydrogen-bond acceptors (Lipinski definition) is 6. The Morgan fingerprint density at radius 3 is 2.50 bits per heavy atom. The molecular weight excluding hydrogens is 384 g/mol. The lowest BCUT2D eigenvalue weighted by Crippen LogP contribution is -2.17. The number of carbonyl (C=O) groups is 2. The zero-order chi connectivity index (χ0) is 21.8. The molecule has 0 saturated carbocycles. The largest absolute Gasteiger partial charge is 0.497 e. The van der Waals surface area contributed by atoms with Crippen molar-refractivity contribution in [2.24, 2.45) is 5.10 Å². The van der Waals surface area contributed by atoms with Gasteiger partial charge < -0.3 is 14.2 Å². The third kappa shape index (κ3) is 7.95. The van der Waals surface area contributed by atoms with Gasteiger partial charge in [-0.15, -0.1) is 0 Å². The summed E-state index contributed by atoms with van der Waals surface area (Å²) < 4.78 is 15.3. The smallest absolute Gasteiger partial charge is 0.344 e. The average Bonchev–Trinajstić information content (AvgIpc) is 2.74. The first-order valence-electron chi connectivity index (χ1n) is 9.85. The summed E-state index contributed by atoms with van der Waals surface area (Å²) in [6.45, 7) is 3.97. The SMILES string of the molecule is CCOC(=O)COc1ccc(C=NNC(=O)CCCc2ccc(OC)cc2C)cc1. The topological polar surface area (TPSA) is 86.2 Å². The minimum Gasteiger partial charge on any atom is -0.497 e. The summed E-state index contributed by atoms with van der Waals surface area (Å²) in [5.41, 5.74) is 5.70. The van der Waals surface area contributed by atoms with Crippen molar-refractivity contribution in [1.82, 2.24) is 5.43 Å². The van der Waals surface area contributed by atoms with Crippen molar-refractivity contribution in [2.45, 2.75) is 33.1 Å². The molecule has 0 aliphatic carbocycles. The van der Waals surface area contributed by atoms with Crippen LogP contribution in [0.4, 0.5) is 0 Å². The molecule has 0 spiro atoms. The number of esters is 1. The number of hydrogen-bond donors (Lipinski definition) is 1. The van der Waals surface area contributed by atoms with E-state index in [9.17, 15) is 9.59 Å². The Balaban J connectivity index is 1.70. The molecule has 30 heavy (non-hydrogen) atoms. The second-order valence-electron chi connectivity index (χ2n) is 6.60. The predicted octanol–water partition coefficient (Wildman–Crippen LogP) is 3.42. The maximum absolute atomic E-state index is 12.0. The molecule has 2 aromatic carbocycles. The number of methoxy groups -OCH3 is 1. The molecule has 2 aromatic rings. The van der Waals surface area contributed by atoms with Crippen molar-refractivity contribution in [3.8, 4) is 11.5 Å². The number of aryl methyl sites for hydroxylation is 2. The molecule has 0 aliphatic rings. The molecule has 160 valence electrons. The lowest BCUT2D eigenvalue weighted by molar-refractivity contribution is -0.145. The molecule has 0 aliphatic heterocycles. The zero-order valence-electron chi connectivity index (χ0n) is 17.6. The molecule has 0 atom stereocenters. The van der Waals surface area contributed by atoms with E-state index in [4.69, 9.17) is 14.2 Å². The monoisotopic (exact) mass is 412 g/mol. The van der Waals surface area contributed by atoms with E-state index in [1.54, 1.807) is 44.5 Å². The van der Waals surface area contributed by atoms with Gasteiger partial charge in [0.05, 0.1) is 19.9 Å². The summed E-state index contributed by atoms with van der Waals surface area (Å²) in [5.74, 6) is 0.847. The maximum Gasteiger partial charge on any atom is 0.344 e. The van der Waals surface area contributed by atoms with Crippen LogP contribution in [0, 0.1) is 6.92 Å². The first-order valence-corrected chi connectivity index (χ1v) is 9.85. The van der Waals surface area contributed by atoms with Crippen LogP contribution in [0.1, 0.15) is 36.5 Å². The van der Waals surface area contributed by atoms with Crippen molar-refractivity contribution in [1.29, 1.82) is 0 Å². The molecule has 7 nitrogen and oxygen atoms in total. The molecule has 0 radical (unpaired) electrons. The van der Waals surface area contributed by atoms with Crippen LogP contribution in [-0.4, -0.2) is 38.4 Å². The molecule has 0 saturated heterocycles. The van der Waals surface area contributed by atoms with Crippen LogP contribution < -0.4 is 14.9 Å². The highest BCUT2D eigenvalue weighted by atomic mass is 16.6. The highest BCUT2D eigenvalue weighted by molar-refractivity contribution is 5.82. The van der Waals surface area contributed by atoms with Crippen LogP contribution >= 0.6 is 0 Å². The average molecular weight is 412 g/mol. The van der Waals surface area contributed by atoms with Crippen LogP contribution in [-0.2, 0) is 20.7 Å². The van der Waals surface area contributed by atoms with E-state index in [-0.39, 0.29) is 12.5 Å². The quantitative estimate of drug-likeness (QED) is 0.347. The number of amides is 1. The normalized spacial score (nSPS) is 10.6. The predicted molar refractivity (Wildman–Crippen MR) is 115 cm³/mol. The summed E-state index contributed by atoms with van der Waals surface area (Å²) in [7, 11) is 1.65. The first-order chi connectivity index (χ1) is 14.5. The number of nitrogens with zero attached hydrogens (tertiary/aromatic N) is 1. The first kappa shape index (κ1) is 22.9. The fourth-order valence-corrected chi connectivity index (χ4v) is 2.74. The fourth-order valence-electron chi connectivity index (χ4n) is 2.74. The summed E-state index contributed by atoms with van der Waals surface area (Å²) in [5, 5.41) is 3.98. The number of ether oxygens (including phenoxy) is 3. The van der Waals surface area contributed by atoms with Crippen molar-refractivity contribution in [3.05, 3.63) is 59.2 Å². The summed E-state index contributed by atoms with van der Waals surface area (Å²) in [4.78, 5) is 23.2. The number of carbonyl (C=O) groups excluding carboxylic acids is 2. The highest BCUT2D eigenvalue weighted by Gasteiger charge is 2.04. The van der Waals surface area contributed by atoms with E-state index in [1.807, 2.05) is 25.1 Å². The fraction of sp³-hybridized carbons (Fsp3) is 0.348.